The Morgan fingerprint density at radius 2 is 1.82 bits per heavy atom. The second-order valence-electron chi connectivity index (χ2n) is 3.33. The maximum Gasteiger partial charge on any atom is 0.221 e. The van der Waals surface area contributed by atoms with Crippen LogP contribution in [-0.4, -0.2) is 44.2 Å². The van der Waals surface area contributed by atoms with Crippen molar-refractivity contribution in [1.29, 1.82) is 0 Å². The molecule has 0 aliphatic carbocycles. The fourth-order valence-electron chi connectivity index (χ4n) is 1.44. The summed E-state index contributed by atoms with van der Waals surface area (Å²) in [4.78, 5) is 0. The van der Waals surface area contributed by atoms with Gasteiger partial charge >= 0.3 is 0 Å². The van der Waals surface area contributed by atoms with Crippen molar-refractivity contribution < 1.29 is 9.47 Å². The topological polar surface area (TPSA) is 49.2 Å². The molecule has 7 heteroatoms. The average molecular weight is 226 g/mol. The van der Waals surface area contributed by atoms with Gasteiger partial charge in [-0.3, -0.25) is 0 Å². The van der Waals surface area contributed by atoms with Gasteiger partial charge in [-0.05, 0) is 12.1 Å². The molecule has 0 spiro atoms. The lowest BCUT2D eigenvalue weighted by atomic mass is 9.67. The van der Waals surface area contributed by atoms with Gasteiger partial charge in [0.25, 0.3) is 0 Å². The fourth-order valence-corrected chi connectivity index (χ4v) is 1.44. The van der Waals surface area contributed by atoms with E-state index in [1.807, 2.05) is 12.1 Å². The summed E-state index contributed by atoms with van der Waals surface area (Å²) < 4.78 is 11.8. The van der Waals surface area contributed by atoms with Crippen molar-refractivity contribution in [2.24, 2.45) is 0 Å². The van der Waals surface area contributed by atoms with E-state index in [1.165, 1.54) is 11.9 Å². The van der Waals surface area contributed by atoms with Crippen LogP contribution in [0, 0.1) is 0 Å². The van der Waals surface area contributed by atoms with E-state index < -0.39 is 0 Å². The Bertz CT molecular complexity index is 494. The van der Waals surface area contributed by atoms with Crippen molar-refractivity contribution in [3.8, 4) is 22.8 Å². The normalized spacial score (nSPS) is 10.0. The molecule has 0 saturated carbocycles. The molecule has 0 atom stereocenters. The van der Waals surface area contributed by atoms with Gasteiger partial charge in [-0.2, -0.15) is 0 Å². The first-order valence-electron chi connectivity index (χ1n) is 4.97. The largest absolute Gasteiger partial charge is 0.497 e. The average Bonchev–Trinajstić information content (AvgIpc) is 2.86. The minimum atomic E-state index is 0.698. The van der Waals surface area contributed by atoms with E-state index in [-0.39, 0.29) is 0 Å². The van der Waals surface area contributed by atoms with Gasteiger partial charge in [-0.25, -0.2) is 0 Å². The first kappa shape index (κ1) is 11.6. The third kappa shape index (κ3) is 2.43. The number of methoxy groups -OCH3 is 2. The SMILES string of the molecule is [B][B]n1cc(-c2cc(OC)cc(OC)c2)nn1. The molecule has 2 aromatic rings. The van der Waals surface area contributed by atoms with Crippen LogP contribution in [0.5, 0.6) is 11.5 Å². The lowest BCUT2D eigenvalue weighted by molar-refractivity contribution is 0.394. The molecule has 17 heavy (non-hydrogen) atoms. The summed E-state index contributed by atoms with van der Waals surface area (Å²) in [5.41, 5.74) is 1.55. The van der Waals surface area contributed by atoms with Crippen LogP contribution in [0.3, 0.4) is 0 Å². The van der Waals surface area contributed by atoms with Gasteiger partial charge in [-0.1, -0.05) is 5.21 Å². The van der Waals surface area contributed by atoms with Crippen LogP contribution in [-0.2, 0) is 0 Å². The highest BCUT2D eigenvalue weighted by Crippen LogP contribution is 2.28. The summed E-state index contributed by atoms with van der Waals surface area (Å²) in [6, 6.07) is 5.50. The van der Waals surface area contributed by atoms with Crippen molar-refractivity contribution in [1.82, 2.24) is 14.9 Å². The highest BCUT2D eigenvalue weighted by atomic mass is 16.5. The summed E-state index contributed by atoms with van der Waals surface area (Å²) in [5, 5.41) is 7.83. The molecular weight excluding hydrogens is 216 g/mol. The minimum absolute atomic E-state index is 0.698. The highest BCUT2D eigenvalue weighted by molar-refractivity contribution is 6.88. The Hall–Kier alpha value is -1.91. The number of ether oxygens (including phenoxy) is 2. The number of benzene rings is 1. The standard InChI is InChI=1S/C10H10B2N3O2/c1-16-8-3-7(4-9(5-8)17-2)10-6-15(12-11)14-13-10/h3-6H,1-2H3. The molecule has 1 aromatic carbocycles. The molecular formula is C10H10B2N3O2. The van der Waals surface area contributed by atoms with Gasteiger partial charge in [0.1, 0.15) is 17.2 Å². The van der Waals surface area contributed by atoms with E-state index in [0.29, 0.717) is 17.2 Å². The van der Waals surface area contributed by atoms with Crippen LogP contribution in [0.4, 0.5) is 0 Å². The van der Waals surface area contributed by atoms with Gasteiger partial charge in [0.05, 0.1) is 14.2 Å². The Morgan fingerprint density at radius 1 is 1.18 bits per heavy atom. The van der Waals surface area contributed by atoms with E-state index in [4.69, 9.17) is 17.2 Å². The lowest BCUT2D eigenvalue weighted by Crippen LogP contribution is -2.05. The summed E-state index contributed by atoms with van der Waals surface area (Å²) in [7, 11) is 9.87. The highest BCUT2D eigenvalue weighted by Gasteiger charge is 2.07. The molecule has 1 heterocycles. The van der Waals surface area contributed by atoms with E-state index in [1.54, 1.807) is 26.5 Å². The number of nitrogens with zero attached hydrogens (tertiary/aromatic N) is 3. The van der Waals surface area contributed by atoms with Crippen LogP contribution in [0.25, 0.3) is 11.3 Å². The van der Waals surface area contributed by atoms with Gasteiger partial charge in [0.15, 0.2) is 0 Å². The Balaban J connectivity index is 2.43. The van der Waals surface area contributed by atoms with Crippen molar-refractivity contribution in [3.05, 3.63) is 24.4 Å². The van der Waals surface area contributed by atoms with Crippen molar-refractivity contribution in [3.63, 3.8) is 0 Å². The Kier molecular flexibility index (Phi) is 3.37. The Morgan fingerprint density at radius 3 is 2.29 bits per heavy atom. The lowest BCUT2D eigenvalue weighted by Gasteiger charge is -2.06. The molecule has 2 rings (SSSR count). The van der Waals surface area contributed by atoms with Crippen LogP contribution in [0.2, 0.25) is 0 Å². The molecule has 0 unspecified atom stereocenters. The number of aromatic nitrogens is 3. The molecule has 83 valence electrons. The molecule has 5 nitrogen and oxygen atoms in total. The van der Waals surface area contributed by atoms with Gasteiger partial charge in [-0.15, -0.1) is 5.10 Å². The maximum absolute atomic E-state index is 5.34. The van der Waals surface area contributed by atoms with Crippen LogP contribution in [0.1, 0.15) is 0 Å². The smallest absolute Gasteiger partial charge is 0.221 e. The van der Waals surface area contributed by atoms with Crippen molar-refractivity contribution in [2.45, 2.75) is 0 Å². The third-order valence-electron chi connectivity index (χ3n) is 2.31. The number of hydrogen-bond acceptors (Lipinski definition) is 4. The molecule has 0 bridgehead atoms. The maximum atomic E-state index is 5.34. The number of hydrogen-bond donors (Lipinski definition) is 0. The quantitative estimate of drug-likeness (QED) is 0.712. The third-order valence-corrected chi connectivity index (χ3v) is 2.31. The van der Waals surface area contributed by atoms with Crippen molar-refractivity contribution >= 4 is 15.0 Å². The summed E-state index contributed by atoms with van der Waals surface area (Å²) in [5.74, 6) is 1.40. The van der Waals surface area contributed by atoms with E-state index in [0.717, 1.165) is 5.56 Å². The van der Waals surface area contributed by atoms with Gasteiger partial charge in [0.2, 0.25) is 7.31 Å². The second-order valence-corrected chi connectivity index (χ2v) is 3.33. The van der Waals surface area contributed by atoms with E-state index in [9.17, 15) is 0 Å². The Labute approximate surface area is 101 Å². The van der Waals surface area contributed by atoms with Gasteiger partial charge in [0, 0.05) is 25.6 Å². The first-order valence-corrected chi connectivity index (χ1v) is 4.97. The predicted molar refractivity (Wildman–Crippen MR) is 65.5 cm³/mol. The molecule has 0 fully saturated rings. The molecule has 0 N–H and O–H groups in total. The zero-order chi connectivity index (χ0) is 12.3. The molecule has 0 aliphatic heterocycles. The molecule has 0 aliphatic rings. The zero-order valence-electron chi connectivity index (χ0n) is 9.62. The van der Waals surface area contributed by atoms with E-state index in [2.05, 4.69) is 10.3 Å². The summed E-state index contributed by atoms with van der Waals surface area (Å²) in [6.07, 6.45) is 1.72. The van der Waals surface area contributed by atoms with Crippen LogP contribution >= 0.6 is 0 Å². The van der Waals surface area contributed by atoms with Crippen LogP contribution in [0.15, 0.2) is 24.4 Å². The van der Waals surface area contributed by atoms with E-state index >= 15 is 0 Å². The monoisotopic (exact) mass is 226 g/mol. The fraction of sp³-hybridized carbons (Fsp3) is 0.200. The zero-order valence-corrected chi connectivity index (χ0v) is 9.62. The second kappa shape index (κ2) is 4.95. The summed E-state index contributed by atoms with van der Waals surface area (Å²) >= 11 is 0. The number of rotatable bonds is 4. The predicted octanol–water partition coefficient (Wildman–Crippen LogP) is 0.513. The molecule has 0 amide bonds. The molecule has 0 saturated heterocycles. The minimum Gasteiger partial charge on any atom is -0.497 e. The molecule has 3 radical (unpaired) electrons. The first-order chi connectivity index (χ1) is 8.26. The molecule has 1 aromatic heterocycles. The van der Waals surface area contributed by atoms with Crippen LogP contribution < -0.4 is 9.47 Å². The van der Waals surface area contributed by atoms with Gasteiger partial charge < -0.3 is 14.1 Å². The summed E-state index contributed by atoms with van der Waals surface area (Å²) in [6.45, 7) is 0. The van der Waals surface area contributed by atoms with Crippen molar-refractivity contribution in [2.75, 3.05) is 14.2 Å².